The Kier molecular flexibility index (Phi) is 6.55. The number of rotatable bonds is 5. The van der Waals surface area contributed by atoms with E-state index >= 15 is 0 Å². The van der Waals surface area contributed by atoms with Gasteiger partial charge in [-0.15, -0.1) is 0 Å². The lowest BCUT2D eigenvalue weighted by Gasteiger charge is -2.10. The fourth-order valence-corrected chi connectivity index (χ4v) is 3.07. The van der Waals surface area contributed by atoms with Crippen molar-refractivity contribution in [2.45, 2.75) is 18.9 Å². The van der Waals surface area contributed by atoms with Crippen molar-refractivity contribution in [3.63, 3.8) is 0 Å². The van der Waals surface area contributed by atoms with Gasteiger partial charge in [0.25, 0.3) is 6.20 Å². The Bertz CT molecular complexity index is 1370. The quantitative estimate of drug-likeness (QED) is 0.301. The van der Waals surface area contributed by atoms with E-state index in [1.165, 1.54) is 35.3 Å². The van der Waals surface area contributed by atoms with E-state index in [1.54, 1.807) is 0 Å². The van der Waals surface area contributed by atoms with Crippen LogP contribution in [0.3, 0.4) is 0 Å². The molecule has 1 aromatic carbocycles. The number of hydrogen-bond acceptors (Lipinski definition) is 6. The number of carbonyl (C=O) groups is 1. The standard InChI is InChI=1S/C21H13F6N7O2/c22-20(23,24)13-2-1-3-14(6-13)31-19(35)32-17-10-34(33-36-17)9-15-5-4-12(7-29-15)16-8-28-11-30-18(16)21(25,26)27/h1-8,10-11H,9H2,(H-,31,32,33,35)/p+1. The van der Waals surface area contributed by atoms with Crippen LogP contribution in [0.15, 0.2) is 65.8 Å². The summed E-state index contributed by atoms with van der Waals surface area (Å²) in [5.74, 6) is -0.118. The summed E-state index contributed by atoms with van der Waals surface area (Å²) < 4.78 is 84.1. The molecule has 0 saturated heterocycles. The van der Waals surface area contributed by atoms with Gasteiger partial charge < -0.3 is 5.32 Å². The second-order valence-electron chi connectivity index (χ2n) is 7.24. The molecular formula is C21H14F6N7O2+. The lowest BCUT2D eigenvalue weighted by Crippen LogP contribution is -2.35. The first-order chi connectivity index (χ1) is 17.0. The Balaban J connectivity index is 1.39. The third kappa shape index (κ3) is 5.92. The van der Waals surface area contributed by atoms with Crippen molar-refractivity contribution in [1.82, 2.24) is 20.2 Å². The molecule has 0 aliphatic rings. The van der Waals surface area contributed by atoms with E-state index in [0.29, 0.717) is 5.69 Å². The maximum Gasteiger partial charge on any atom is 0.434 e. The summed E-state index contributed by atoms with van der Waals surface area (Å²) in [5.41, 5.74) is -1.76. The second-order valence-corrected chi connectivity index (χ2v) is 7.24. The van der Waals surface area contributed by atoms with Crippen molar-refractivity contribution in [2.75, 3.05) is 10.6 Å². The maximum atomic E-state index is 13.2. The molecule has 0 fully saturated rings. The fraction of sp³-hybridized carbons (Fsp3) is 0.143. The van der Waals surface area contributed by atoms with Crippen molar-refractivity contribution in [1.29, 1.82) is 0 Å². The van der Waals surface area contributed by atoms with Crippen molar-refractivity contribution < 1.29 is 40.3 Å². The molecule has 0 unspecified atom stereocenters. The van der Waals surface area contributed by atoms with Gasteiger partial charge in [-0.2, -0.15) is 26.3 Å². The number of nitrogens with one attached hydrogen (secondary N) is 2. The lowest BCUT2D eigenvalue weighted by atomic mass is 10.1. The average Bonchev–Trinajstić information content (AvgIpc) is 3.25. The highest BCUT2D eigenvalue weighted by Crippen LogP contribution is 2.34. The summed E-state index contributed by atoms with van der Waals surface area (Å²) in [6.07, 6.45) is -4.86. The minimum Gasteiger partial charge on any atom is -0.308 e. The molecular weight excluding hydrogens is 496 g/mol. The van der Waals surface area contributed by atoms with Crippen molar-refractivity contribution in [3.05, 3.63) is 78.3 Å². The van der Waals surface area contributed by atoms with Gasteiger partial charge in [0.15, 0.2) is 5.69 Å². The van der Waals surface area contributed by atoms with Crippen LogP contribution in [0, 0.1) is 0 Å². The summed E-state index contributed by atoms with van der Waals surface area (Å²) in [4.78, 5) is 23.1. The molecule has 0 spiro atoms. The van der Waals surface area contributed by atoms with Gasteiger partial charge in [0.1, 0.15) is 12.0 Å². The zero-order valence-corrected chi connectivity index (χ0v) is 17.8. The molecule has 15 heteroatoms. The predicted molar refractivity (Wildman–Crippen MR) is 110 cm³/mol. The molecule has 3 aromatic heterocycles. The molecule has 4 rings (SSSR count). The third-order valence-electron chi connectivity index (χ3n) is 4.64. The Morgan fingerprint density at radius 3 is 2.47 bits per heavy atom. The summed E-state index contributed by atoms with van der Waals surface area (Å²) in [6.45, 7) is 0.0398. The van der Waals surface area contributed by atoms with Gasteiger partial charge in [-0.1, -0.05) is 12.1 Å². The van der Waals surface area contributed by atoms with Crippen LogP contribution in [0.1, 0.15) is 17.0 Å². The van der Waals surface area contributed by atoms with Crippen LogP contribution in [0.25, 0.3) is 11.1 Å². The molecule has 0 aliphatic carbocycles. The van der Waals surface area contributed by atoms with E-state index in [9.17, 15) is 31.1 Å². The number of alkyl halides is 6. The highest BCUT2D eigenvalue weighted by Gasteiger charge is 2.36. The molecule has 0 aliphatic heterocycles. The smallest absolute Gasteiger partial charge is 0.308 e. The molecule has 0 bridgehead atoms. The van der Waals surface area contributed by atoms with Crippen LogP contribution in [-0.4, -0.2) is 26.3 Å². The number of anilines is 2. The van der Waals surface area contributed by atoms with Gasteiger partial charge in [-0.05, 0) is 28.9 Å². The average molecular weight is 510 g/mol. The van der Waals surface area contributed by atoms with Crippen molar-refractivity contribution in [2.24, 2.45) is 0 Å². The second kappa shape index (κ2) is 9.59. The first-order valence-electron chi connectivity index (χ1n) is 9.93. The predicted octanol–water partition coefficient (Wildman–Crippen LogP) is 4.54. The number of benzene rings is 1. The summed E-state index contributed by atoms with van der Waals surface area (Å²) in [5, 5.41) is 8.22. The maximum absolute atomic E-state index is 13.2. The van der Waals surface area contributed by atoms with Crippen LogP contribution in [0.5, 0.6) is 0 Å². The minimum absolute atomic E-state index is 0.0398. The van der Waals surface area contributed by atoms with E-state index in [4.69, 9.17) is 4.52 Å². The Hall–Kier alpha value is -4.56. The molecule has 2 N–H and O–H groups in total. The summed E-state index contributed by atoms with van der Waals surface area (Å²) >= 11 is 0. The SMILES string of the molecule is O=C(Nc1cccc(C(F)(F)F)c1)Nc1c[n+](Cc2ccc(-c3cncnc3C(F)(F)F)cn2)no1. The topological polar surface area (TPSA) is 110 Å². The minimum atomic E-state index is -4.66. The van der Waals surface area contributed by atoms with Gasteiger partial charge >= 0.3 is 24.3 Å². The first-order valence-corrected chi connectivity index (χ1v) is 9.93. The van der Waals surface area contributed by atoms with E-state index in [1.807, 2.05) is 0 Å². The van der Waals surface area contributed by atoms with Crippen LogP contribution in [-0.2, 0) is 18.9 Å². The molecule has 0 saturated carbocycles. The van der Waals surface area contributed by atoms with E-state index in [0.717, 1.165) is 30.7 Å². The molecule has 0 radical (unpaired) electrons. The molecule has 3 heterocycles. The van der Waals surface area contributed by atoms with Gasteiger partial charge in [-0.25, -0.2) is 14.8 Å². The Labute approximate surface area is 197 Å². The lowest BCUT2D eigenvalue weighted by molar-refractivity contribution is -0.755. The Morgan fingerprint density at radius 2 is 1.78 bits per heavy atom. The molecule has 186 valence electrons. The highest BCUT2D eigenvalue weighted by molar-refractivity contribution is 5.98. The normalized spacial score (nSPS) is 11.8. The number of hydrogen-bond donors (Lipinski definition) is 2. The summed E-state index contributed by atoms with van der Waals surface area (Å²) in [7, 11) is 0. The number of nitrogens with zero attached hydrogens (tertiary/aromatic N) is 5. The largest absolute Gasteiger partial charge is 0.434 e. The number of pyridine rings is 1. The molecule has 0 atom stereocenters. The number of aromatic nitrogens is 5. The van der Waals surface area contributed by atoms with Gasteiger partial charge in [0.05, 0.1) is 5.56 Å². The van der Waals surface area contributed by atoms with E-state index in [-0.39, 0.29) is 29.2 Å². The molecule has 2 amide bonds. The number of amides is 2. The Morgan fingerprint density at radius 1 is 0.972 bits per heavy atom. The van der Waals surface area contributed by atoms with Crippen molar-refractivity contribution >= 4 is 17.6 Å². The van der Waals surface area contributed by atoms with Gasteiger partial charge in [-0.3, -0.25) is 14.8 Å². The molecule has 9 nitrogen and oxygen atoms in total. The van der Waals surface area contributed by atoms with Crippen LogP contribution in [0.2, 0.25) is 0 Å². The zero-order valence-electron chi connectivity index (χ0n) is 17.8. The number of urea groups is 1. The highest BCUT2D eigenvalue weighted by atomic mass is 19.4. The zero-order chi connectivity index (χ0) is 25.9. The number of carbonyl (C=O) groups excluding carboxylic acids is 1. The molecule has 36 heavy (non-hydrogen) atoms. The number of halogens is 6. The van der Waals surface area contributed by atoms with Crippen LogP contribution in [0.4, 0.5) is 42.7 Å². The van der Waals surface area contributed by atoms with E-state index < -0.39 is 29.6 Å². The van der Waals surface area contributed by atoms with Gasteiger partial charge in [0, 0.05) is 29.2 Å². The monoisotopic (exact) mass is 510 g/mol. The van der Waals surface area contributed by atoms with Crippen molar-refractivity contribution in [3.8, 4) is 11.1 Å². The van der Waals surface area contributed by atoms with Gasteiger partial charge in [0.2, 0.25) is 11.8 Å². The fourth-order valence-electron chi connectivity index (χ4n) is 3.07. The summed E-state index contributed by atoms with van der Waals surface area (Å²) in [6, 6.07) is 6.08. The third-order valence-corrected chi connectivity index (χ3v) is 4.64. The van der Waals surface area contributed by atoms with Crippen LogP contribution >= 0.6 is 0 Å². The molecule has 4 aromatic rings. The first kappa shape index (κ1) is 24.6. The van der Waals surface area contributed by atoms with E-state index in [2.05, 4.69) is 30.9 Å². The van der Waals surface area contributed by atoms with Crippen LogP contribution < -0.4 is 15.3 Å².